The summed E-state index contributed by atoms with van der Waals surface area (Å²) in [5.74, 6) is -0.565. The second kappa shape index (κ2) is 9.44. The molecule has 11 nitrogen and oxygen atoms in total. The number of ether oxygens (including phenoxy) is 1. The van der Waals surface area contributed by atoms with Gasteiger partial charge in [-0.1, -0.05) is 6.07 Å². The van der Waals surface area contributed by atoms with E-state index in [1.54, 1.807) is 25.4 Å². The molecule has 0 spiro atoms. The molecule has 0 saturated carbocycles. The van der Waals surface area contributed by atoms with Gasteiger partial charge in [0.2, 0.25) is 5.91 Å². The predicted molar refractivity (Wildman–Crippen MR) is 120 cm³/mol. The van der Waals surface area contributed by atoms with Gasteiger partial charge in [0.05, 0.1) is 30.2 Å². The molecule has 2 fully saturated rings. The molecule has 12 heteroatoms. The van der Waals surface area contributed by atoms with Crippen molar-refractivity contribution in [2.45, 2.75) is 31.9 Å². The normalized spacial score (nSPS) is 21.3. The number of piperazine rings is 1. The quantitative estimate of drug-likeness (QED) is 0.544. The number of carbonyl (C=O) groups excluding carboxylic acids is 1. The highest BCUT2D eigenvalue weighted by molar-refractivity contribution is 5.83. The molecule has 3 aromatic rings. The summed E-state index contributed by atoms with van der Waals surface area (Å²) >= 11 is 0. The molecule has 1 amide bonds. The minimum Gasteiger partial charge on any atom is -0.370 e. The Hall–Kier alpha value is -3.82. The number of nitrogens with zero attached hydrogens (tertiary/aromatic N) is 9. The molecule has 35 heavy (non-hydrogen) atoms. The molecule has 180 valence electrons. The third-order valence-corrected chi connectivity index (χ3v) is 6.80. The van der Waals surface area contributed by atoms with E-state index in [2.05, 4.69) is 30.4 Å². The molecule has 1 aromatic carbocycles. The van der Waals surface area contributed by atoms with Crippen LogP contribution >= 0.6 is 0 Å². The summed E-state index contributed by atoms with van der Waals surface area (Å²) in [5.41, 5.74) is 2.23. The van der Waals surface area contributed by atoms with Crippen LogP contribution < -0.4 is 0 Å². The van der Waals surface area contributed by atoms with Crippen LogP contribution in [0.2, 0.25) is 0 Å². The Kier molecular flexibility index (Phi) is 6.19. The molecule has 0 bridgehead atoms. The third-order valence-electron chi connectivity index (χ3n) is 6.80. The van der Waals surface area contributed by atoms with Crippen LogP contribution in [0.15, 0.2) is 30.9 Å². The van der Waals surface area contributed by atoms with Crippen LogP contribution in [-0.4, -0.2) is 84.7 Å². The van der Waals surface area contributed by atoms with E-state index in [1.165, 1.54) is 17.1 Å². The zero-order valence-electron chi connectivity index (χ0n) is 19.4. The lowest BCUT2D eigenvalue weighted by Crippen LogP contribution is -2.60. The summed E-state index contributed by atoms with van der Waals surface area (Å²) in [5, 5.41) is 20.2. The maximum Gasteiger partial charge on any atom is 0.253 e. The van der Waals surface area contributed by atoms with Crippen molar-refractivity contribution in [1.82, 2.24) is 40.0 Å². The van der Waals surface area contributed by atoms with Crippen molar-refractivity contribution in [2.75, 3.05) is 32.8 Å². The molecule has 2 aromatic heterocycles. The summed E-state index contributed by atoms with van der Waals surface area (Å²) in [6.45, 7) is 6.55. The van der Waals surface area contributed by atoms with Gasteiger partial charge in [0, 0.05) is 44.1 Å². The standard InChI is InChI=1S/C23H24FN9O2/c1-14(16-8-26-23(27-9-16)33-13-28-29-30-33)22(34)32-6-5-31-11-21(35-12-17(31)10-32)18-3-4-20(24)19(7-25)15(18)2/h3-4,8-9,13-14,17,21H,5-6,10-12H2,1-2H3/t14?,17-,21+/m0/s1. The number of halogens is 1. The van der Waals surface area contributed by atoms with Crippen LogP contribution in [0, 0.1) is 24.1 Å². The molecular formula is C23H24FN9O2. The second-order valence-electron chi connectivity index (χ2n) is 8.80. The lowest BCUT2D eigenvalue weighted by Gasteiger charge is -2.46. The van der Waals surface area contributed by atoms with Crippen LogP contribution in [0.3, 0.4) is 0 Å². The monoisotopic (exact) mass is 477 g/mol. The van der Waals surface area contributed by atoms with Gasteiger partial charge in [-0.3, -0.25) is 9.69 Å². The van der Waals surface area contributed by atoms with Crippen LogP contribution in [0.25, 0.3) is 5.95 Å². The largest absolute Gasteiger partial charge is 0.370 e. The maximum atomic E-state index is 13.9. The van der Waals surface area contributed by atoms with Gasteiger partial charge >= 0.3 is 0 Å². The van der Waals surface area contributed by atoms with Crippen LogP contribution in [0.4, 0.5) is 4.39 Å². The second-order valence-corrected chi connectivity index (χ2v) is 8.80. The van der Waals surface area contributed by atoms with Gasteiger partial charge in [0.1, 0.15) is 18.2 Å². The van der Waals surface area contributed by atoms with Crippen LogP contribution in [-0.2, 0) is 9.53 Å². The number of hydrogen-bond acceptors (Lipinski definition) is 9. The number of rotatable bonds is 4. The van der Waals surface area contributed by atoms with Crippen molar-refractivity contribution in [2.24, 2.45) is 0 Å². The molecular weight excluding hydrogens is 453 g/mol. The number of nitriles is 1. The van der Waals surface area contributed by atoms with E-state index in [9.17, 15) is 14.4 Å². The number of aromatic nitrogens is 6. The highest BCUT2D eigenvalue weighted by Crippen LogP contribution is 2.31. The van der Waals surface area contributed by atoms with E-state index < -0.39 is 11.7 Å². The highest BCUT2D eigenvalue weighted by atomic mass is 19.1. The Morgan fingerprint density at radius 1 is 1.26 bits per heavy atom. The zero-order chi connectivity index (χ0) is 24.5. The Morgan fingerprint density at radius 2 is 2.06 bits per heavy atom. The molecule has 5 rings (SSSR count). The molecule has 2 aliphatic rings. The fraction of sp³-hybridized carbons (Fsp3) is 0.435. The Bertz CT molecular complexity index is 1260. The minimum atomic E-state index is -0.515. The highest BCUT2D eigenvalue weighted by Gasteiger charge is 2.37. The maximum absolute atomic E-state index is 13.9. The zero-order valence-corrected chi connectivity index (χ0v) is 19.4. The third kappa shape index (κ3) is 4.36. The number of fused-ring (bicyclic) bond motifs is 1. The van der Waals surface area contributed by atoms with Crippen molar-refractivity contribution in [3.8, 4) is 12.0 Å². The number of benzene rings is 1. The van der Waals surface area contributed by atoms with Gasteiger partial charge in [0.25, 0.3) is 5.95 Å². The van der Waals surface area contributed by atoms with Crippen molar-refractivity contribution < 1.29 is 13.9 Å². The van der Waals surface area contributed by atoms with Gasteiger partial charge in [-0.25, -0.2) is 14.4 Å². The first-order valence-corrected chi connectivity index (χ1v) is 11.3. The topological polar surface area (TPSA) is 126 Å². The van der Waals surface area contributed by atoms with Crippen LogP contribution in [0.1, 0.15) is 41.2 Å². The molecule has 0 N–H and O–H groups in total. The minimum absolute atomic E-state index is 0.0126. The Balaban J connectivity index is 1.22. The summed E-state index contributed by atoms with van der Waals surface area (Å²) in [6, 6.07) is 5.05. The average molecular weight is 478 g/mol. The molecule has 0 aliphatic carbocycles. The van der Waals surface area contributed by atoms with E-state index in [0.29, 0.717) is 49.9 Å². The smallest absolute Gasteiger partial charge is 0.253 e. The van der Waals surface area contributed by atoms with Gasteiger partial charge in [-0.2, -0.15) is 9.94 Å². The summed E-state index contributed by atoms with van der Waals surface area (Å²) in [6.07, 6.45) is 4.41. The number of hydrogen-bond donors (Lipinski definition) is 0. The lowest BCUT2D eigenvalue weighted by atomic mass is 9.96. The van der Waals surface area contributed by atoms with E-state index in [1.807, 2.05) is 17.9 Å². The fourth-order valence-electron chi connectivity index (χ4n) is 4.70. The van der Waals surface area contributed by atoms with Crippen molar-refractivity contribution in [3.63, 3.8) is 0 Å². The van der Waals surface area contributed by atoms with E-state index in [4.69, 9.17) is 4.74 Å². The van der Waals surface area contributed by atoms with E-state index in [0.717, 1.165) is 5.56 Å². The predicted octanol–water partition coefficient (Wildman–Crippen LogP) is 1.16. The van der Waals surface area contributed by atoms with E-state index in [-0.39, 0.29) is 23.6 Å². The molecule has 2 saturated heterocycles. The molecule has 4 heterocycles. The average Bonchev–Trinajstić information content (AvgIpc) is 3.43. The van der Waals surface area contributed by atoms with Crippen molar-refractivity contribution in [3.05, 3.63) is 58.9 Å². The van der Waals surface area contributed by atoms with Crippen molar-refractivity contribution in [1.29, 1.82) is 5.26 Å². The van der Waals surface area contributed by atoms with E-state index >= 15 is 0 Å². The summed E-state index contributed by atoms with van der Waals surface area (Å²) < 4.78 is 21.4. The number of tetrazole rings is 1. The number of amides is 1. The van der Waals surface area contributed by atoms with Gasteiger partial charge in [0.15, 0.2) is 0 Å². The van der Waals surface area contributed by atoms with Gasteiger partial charge in [-0.15, -0.1) is 5.10 Å². The van der Waals surface area contributed by atoms with Crippen LogP contribution in [0.5, 0.6) is 0 Å². The van der Waals surface area contributed by atoms with Crippen molar-refractivity contribution >= 4 is 5.91 Å². The molecule has 3 atom stereocenters. The first kappa shape index (κ1) is 22.9. The SMILES string of the molecule is Cc1c([C@H]2CN3CCN(C(=O)C(C)c4cnc(-n5cnnn5)nc4)C[C@H]3CO2)ccc(F)c1C#N. The molecule has 1 unspecified atom stereocenters. The summed E-state index contributed by atoms with van der Waals surface area (Å²) in [4.78, 5) is 25.9. The van der Waals surface area contributed by atoms with Gasteiger partial charge < -0.3 is 9.64 Å². The number of morpholine rings is 1. The first-order chi connectivity index (χ1) is 17.0. The lowest BCUT2D eigenvalue weighted by molar-refractivity contribution is -0.141. The Labute approximate surface area is 201 Å². The molecule has 0 radical (unpaired) electrons. The number of carbonyl (C=O) groups is 1. The first-order valence-electron chi connectivity index (χ1n) is 11.3. The molecule has 2 aliphatic heterocycles. The van der Waals surface area contributed by atoms with Gasteiger partial charge in [-0.05, 0) is 41.5 Å². The Morgan fingerprint density at radius 3 is 2.77 bits per heavy atom. The summed E-state index contributed by atoms with van der Waals surface area (Å²) in [7, 11) is 0. The fourth-order valence-corrected chi connectivity index (χ4v) is 4.70.